The molecule has 0 saturated carbocycles. The summed E-state index contributed by atoms with van der Waals surface area (Å²) in [6, 6.07) is 7.93. The molecule has 0 spiro atoms. The van der Waals surface area contributed by atoms with E-state index in [1.54, 1.807) is 29.6 Å². The Hall–Kier alpha value is -1.97. The summed E-state index contributed by atoms with van der Waals surface area (Å²) in [5.41, 5.74) is -0.0427. The van der Waals surface area contributed by atoms with Gasteiger partial charge < -0.3 is 10.4 Å². The third kappa shape index (κ3) is 3.58. The molecule has 2 aromatic rings. The highest BCUT2D eigenvalue weighted by Gasteiger charge is 2.31. The average Bonchev–Trinajstić information content (AvgIpc) is 3.10. The van der Waals surface area contributed by atoms with Crippen LogP contribution in [0.1, 0.15) is 23.3 Å². The zero-order valence-corrected chi connectivity index (χ0v) is 14.4. The number of aromatic carboxylic acids is 1. The Bertz CT molecular complexity index is 821. The number of pyridine rings is 1. The molecule has 0 aromatic carbocycles. The van der Waals surface area contributed by atoms with Crippen LogP contribution in [-0.4, -0.2) is 47.9 Å². The topological polar surface area (TPSA) is 99.6 Å². The first-order valence-electron chi connectivity index (χ1n) is 7.47. The van der Waals surface area contributed by atoms with Crippen LogP contribution in [0.15, 0.2) is 39.9 Å². The Morgan fingerprint density at radius 3 is 2.88 bits per heavy atom. The molecule has 3 heterocycles. The van der Waals surface area contributed by atoms with Crippen LogP contribution < -0.4 is 5.32 Å². The van der Waals surface area contributed by atoms with E-state index in [-0.39, 0.29) is 11.7 Å². The van der Waals surface area contributed by atoms with E-state index in [1.165, 1.54) is 21.7 Å². The Kier molecular flexibility index (Phi) is 4.83. The summed E-state index contributed by atoms with van der Waals surface area (Å²) < 4.78 is 27.0. The number of carboxylic acid groups (broad SMARTS) is 1. The molecule has 0 bridgehead atoms. The van der Waals surface area contributed by atoms with Crippen LogP contribution in [0.2, 0.25) is 0 Å². The van der Waals surface area contributed by atoms with Crippen LogP contribution in [0.5, 0.6) is 0 Å². The Morgan fingerprint density at radius 1 is 1.33 bits per heavy atom. The summed E-state index contributed by atoms with van der Waals surface area (Å²) in [6.07, 6.45) is 1.54. The van der Waals surface area contributed by atoms with Gasteiger partial charge in [0, 0.05) is 19.1 Å². The molecule has 9 heteroatoms. The van der Waals surface area contributed by atoms with Crippen molar-refractivity contribution in [2.24, 2.45) is 0 Å². The monoisotopic (exact) mass is 367 g/mol. The van der Waals surface area contributed by atoms with E-state index in [4.69, 9.17) is 5.11 Å². The third-order valence-corrected chi connectivity index (χ3v) is 7.03. The molecule has 7 nitrogen and oxygen atoms in total. The van der Waals surface area contributed by atoms with Gasteiger partial charge in [-0.1, -0.05) is 12.1 Å². The maximum atomic E-state index is 12.6. The predicted octanol–water partition coefficient (Wildman–Crippen LogP) is 2.11. The summed E-state index contributed by atoms with van der Waals surface area (Å²) in [5, 5.41) is 13.9. The fourth-order valence-electron chi connectivity index (χ4n) is 2.66. The minimum absolute atomic E-state index is 0.0427. The van der Waals surface area contributed by atoms with E-state index in [9.17, 15) is 13.2 Å². The minimum atomic E-state index is -3.47. The standard InChI is InChI=1S/C15H17N3O4S2/c19-15(20)12-5-1-6-13(17-12)16-11-4-2-8-18(10-11)24(21,22)14-7-3-9-23-14/h1,3,5-7,9,11H,2,4,8,10H2,(H,16,17)(H,19,20)/t11-/m1/s1. The fraction of sp³-hybridized carbons (Fsp3) is 0.333. The molecule has 1 fully saturated rings. The van der Waals surface area contributed by atoms with Gasteiger partial charge in [0.25, 0.3) is 10.0 Å². The highest BCUT2D eigenvalue weighted by Crippen LogP contribution is 2.25. The van der Waals surface area contributed by atoms with Crippen molar-refractivity contribution >= 4 is 33.1 Å². The van der Waals surface area contributed by atoms with Gasteiger partial charge >= 0.3 is 5.97 Å². The van der Waals surface area contributed by atoms with E-state index in [1.807, 2.05) is 0 Å². The molecule has 1 aliphatic heterocycles. The number of nitrogens with zero attached hydrogens (tertiary/aromatic N) is 2. The molecule has 3 rings (SSSR count). The summed E-state index contributed by atoms with van der Waals surface area (Å²) >= 11 is 1.21. The van der Waals surface area contributed by atoms with Crippen molar-refractivity contribution in [2.45, 2.75) is 23.1 Å². The number of nitrogens with one attached hydrogen (secondary N) is 1. The van der Waals surface area contributed by atoms with Gasteiger partial charge in [-0.2, -0.15) is 4.31 Å². The van der Waals surface area contributed by atoms with Gasteiger partial charge in [0.2, 0.25) is 0 Å². The molecule has 24 heavy (non-hydrogen) atoms. The van der Waals surface area contributed by atoms with Gasteiger partial charge in [-0.3, -0.25) is 0 Å². The molecule has 0 unspecified atom stereocenters. The molecule has 1 atom stereocenters. The van der Waals surface area contributed by atoms with E-state index in [2.05, 4.69) is 10.3 Å². The number of sulfonamides is 1. The quantitative estimate of drug-likeness (QED) is 0.840. The van der Waals surface area contributed by atoms with Crippen molar-refractivity contribution in [3.05, 3.63) is 41.4 Å². The maximum Gasteiger partial charge on any atom is 0.354 e. The second-order valence-corrected chi connectivity index (χ2v) is 8.60. The third-order valence-electron chi connectivity index (χ3n) is 3.79. The van der Waals surface area contributed by atoms with Crippen LogP contribution in [0, 0.1) is 0 Å². The summed E-state index contributed by atoms with van der Waals surface area (Å²) in [7, 11) is -3.47. The lowest BCUT2D eigenvalue weighted by Gasteiger charge is -2.32. The maximum absolute atomic E-state index is 12.6. The van der Waals surface area contributed by atoms with E-state index < -0.39 is 16.0 Å². The largest absolute Gasteiger partial charge is 0.477 e. The number of rotatable bonds is 5. The van der Waals surface area contributed by atoms with Crippen LogP contribution in [-0.2, 0) is 10.0 Å². The number of thiophene rings is 1. The summed E-state index contributed by atoms with van der Waals surface area (Å²) in [4.78, 5) is 15.0. The lowest BCUT2D eigenvalue weighted by atomic mass is 10.1. The number of carbonyl (C=O) groups is 1. The first-order chi connectivity index (χ1) is 11.5. The second kappa shape index (κ2) is 6.88. The van der Waals surface area contributed by atoms with Crippen molar-refractivity contribution < 1.29 is 18.3 Å². The zero-order chi connectivity index (χ0) is 17.2. The van der Waals surface area contributed by atoms with E-state index in [0.29, 0.717) is 23.1 Å². The molecular weight excluding hydrogens is 350 g/mol. The highest BCUT2D eigenvalue weighted by molar-refractivity contribution is 7.91. The van der Waals surface area contributed by atoms with Gasteiger partial charge in [0.15, 0.2) is 5.69 Å². The number of anilines is 1. The zero-order valence-electron chi connectivity index (χ0n) is 12.8. The Balaban J connectivity index is 1.72. The molecule has 0 amide bonds. The number of hydrogen-bond acceptors (Lipinski definition) is 6. The summed E-state index contributed by atoms with van der Waals surface area (Å²) in [5.74, 6) is -0.653. The first kappa shape index (κ1) is 16.9. The van der Waals surface area contributed by atoms with Crippen molar-refractivity contribution in [1.82, 2.24) is 9.29 Å². The fourth-order valence-corrected chi connectivity index (χ4v) is 5.33. The molecular formula is C15H17N3O4S2. The van der Waals surface area contributed by atoms with Crippen LogP contribution >= 0.6 is 11.3 Å². The van der Waals surface area contributed by atoms with Crippen molar-refractivity contribution in [3.8, 4) is 0 Å². The molecule has 128 valence electrons. The van der Waals surface area contributed by atoms with Crippen LogP contribution in [0.3, 0.4) is 0 Å². The SMILES string of the molecule is O=C(O)c1cccc(N[C@@H]2CCCN(S(=O)(=O)c3cccs3)C2)n1. The van der Waals surface area contributed by atoms with Gasteiger partial charge in [-0.05, 0) is 36.4 Å². The predicted molar refractivity (Wildman–Crippen MR) is 90.9 cm³/mol. The smallest absolute Gasteiger partial charge is 0.354 e. The number of carboxylic acids is 1. The lowest BCUT2D eigenvalue weighted by Crippen LogP contribution is -2.45. The van der Waals surface area contributed by atoms with Crippen molar-refractivity contribution in [2.75, 3.05) is 18.4 Å². The molecule has 2 aromatic heterocycles. The molecule has 1 saturated heterocycles. The first-order valence-corrected chi connectivity index (χ1v) is 9.79. The van der Waals surface area contributed by atoms with Gasteiger partial charge in [0.05, 0.1) is 0 Å². The van der Waals surface area contributed by atoms with Gasteiger partial charge in [-0.15, -0.1) is 11.3 Å². The number of piperidine rings is 1. The Labute approximate surface area is 144 Å². The second-order valence-electron chi connectivity index (χ2n) is 5.49. The molecule has 0 aliphatic carbocycles. The molecule has 2 N–H and O–H groups in total. The van der Waals surface area contributed by atoms with E-state index >= 15 is 0 Å². The van der Waals surface area contributed by atoms with Crippen molar-refractivity contribution in [1.29, 1.82) is 0 Å². The van der Waals surface area contributed by atoms with E-state index in [0.717, 1.165) is 12.8 Å². The minimum Gasteiger partial charge on any atom is -0.477 e. The van der Waals surface area contributed by atoms with Crippen LogP contribution in [0.4, 0.5) is 5.82 Å². The summed E-state index contributed by atoms with van der Waals surface area (Å²) in [6.45, 7) is 0.820. The molecule has 0 radical (unpaired) electrons. The number of hydrogen-bond donors (Lipinski definition) is 2. The Morgan fingerprint density at radius 2 is 2.17 bits per heavy atom. The number of aromatic nitrogens is 1. The molecule has 1 aliphatic rings. The van der Waals surface area contributed by atoms with Gasteiger partial charge in [-0.25, -0.2) is 18.2 Å². The highest BCUT2D eigenvalue weighted by atomic mass is 32.2. The lowest BCUT2D eigenvalue weighted by molar-refractivity contribution is 0.0690. The normalized spacial score (nSPS) is 19.1. The van der Waals surface area contributed by atoms with Crippen LogP contribution in [0.25, 0.3) is 0 Å². The average molecular weight is 367 g/mol. The van der Waals surface area contributed by atoms with Crippen molar-refractivity contribution in [3.63, 3.8) is 0 Å². The van der Waals surface area contributed by atoms with Gasteiger partial charge in [0.1, 0.15) is 10.0 Å².